The molecule has 1 aromatic carbocycles. The molecule has 1 saturated heterocycles. The van der Waals surface area contributed by atoms with Crippen LogP contribution in [-0.4, -0.2) is 40.0 Å². The van der Waals surface area contributed by atoms with Crippen LogP contribution in [0, 0.1) is 12.8 Å². The number of carboxylic acid groups (broad SMARTS) is 1. The zero-order valence-electron chi connectivity index (χ0n) is 13.8. The second kappa shape index (κ2) is 6.73. The van der Waals surface area contributed by atoms with E-state index in [-0.39, 0.29) is 12.5 Å². The van der Waals surface area contributed by atoms with Crippen molar-refractivity contribution in [1.29, 1.82) is 0 Å². The monoisotopic (exact) mass is 344 g/mol. The molecule has 6 heteroatoms. The largest absolute Gasteiger partial charge is 0.481 e. The number of nitrogens with zero attached hydrogens (tertiary/aromatic N) is 2. The number of hydrogen-bond acceptors (Lipinski definition) is 4. The van der Waals surface area contributed by atoms with Crippen molar-refractivity contribution in [2.75, 3.05) is 13.1 Å². The maximum absolute atomic E-state index is 12.7. The Hall–Kier alpha value is -2.21. The molecule has 1 atom stereocenters. The molecule has 0 spiro atoms. The summed E-state index contributed by atoms with van der Waals surface area (Å²) in [5.74, 6) is -1.39. The number of likely N-dealkylation sites (tertiary alicyclic amines) is 1. The van der Waals surface area contributed by atoms with Gasteiger partial charge in [-0.3, -0.25) is 9.59 Å². The molecule has 0 radical (unpaired) electrons. The van der Waals surface area contributed by atoms with Gasteiger partial charge in [0, 0.05) is 18.7 Å². The van der Waals surface area contributed by atoms with Crippen LogP contribution < -0.4 is 0 Å². The van der Waals surface area contributed by atoms with E-state index in [4.69, 9.17) is 5.11 Å². The minimum atomic E-state index is -0.831. The van der Waals surface area contributed by atoms with E-state index in [1.807, 2.05) is 19.1 Å². The number of carbonyl (C=O) groups excluding carboxylic acids is 1. The van der Waals surface area contributed by atoms with Crippen LogP contribution >= 0.6 is 11.3 Å². The smallest absolute Gasteiger partial charge is 0.308 e. The molecule has 5 nitrogen and oxygen atoms in total. The van der Waals surface area contributed by atoms with Crippen LogP contribution in [0.25, 0.3) is 10.6 Å². The van der Waals surface area contributed by atoms with Crippen LogP contribution in [0.1, 0.15) is 34.3 Å². The third-order valence-corrected chi connectivity index (χ3v) is 5.62. The summed E-state index contributed by atoms with van der Waals surface area (Å²) in [4.78, 5) is 30.5. The first-order valence-electron chi connectivity index (χ1n) is 8.08. The average molecular weight is 344 g/mol. The molecule has 0 unspecified atom stereocenters. The van der Waals surface area contributed by atoms with Gasteiger partial charge in [0.1, 0.15) is 9.88 Å². The van der Waals surface area contributed by atoms with Crippen LogP contribution in [0.2, 0.25) is 0 Å². The van der Waals surface area contributed by atoms with Gasteiger partial charge in [-0.25, -0.2) is 4.98 Å². The van der Waals surface area contributed by atoms with Gasteiger partial charge in [0.15, 0.2) is 0 Å². The van der Waals surface area contributed by atoms with E-state index in [0.29, 0.717) is 23.5 Å². The Morgan fingerprint density at radius 3 is 2.62 bits per heavy atom. The van der Waals surface area contributed by atoms with E-state index < -0.39 is 11.9 Å². The minimum absolute atomic E-state index is 0.106. The number of thiazole rings is 1. The number of carbonyl (C=O) groups is 2. The number of aliphatic carboxylic acids is 1. The number of aryl methyl sites for hydroxylation is 2. The molecule has 1 aliphatic rings. The first kappa shape index (κ1) is 16.6. The van der Waals surface area contributed by atoms with Crippen molar-refractivity contribution >= 4 is 23.2 Å². The van der Waals surface area contributed by atoms with Crippen LogP contribution in [0.3, 0.4) is 0 Å². The predicted molar refractivity (Wildman–Crippen MR) is 93.3 cm³/mol. The second-order valence-corrected chi connectivity index (χ2v) is 7.06. The molecule has 0 bridgehead atoms. The minimum Gasteiger partial charge on any atom is -0.481 e. The first-order valence-corrected chi connectivity index (χ1v) is 8.90. The fourth-order valence-electron chi connectivity index (χ4n) is 2.89. The topological polar surface area (TPSA) is 70.5 Å². The van der Waals surface area contributed by atoms with E-state index in [1.54, 1.807) is 4.90 Å². The van der Waals surface area contributed by atoms with Gasteiger partial charge in [-0.15, -0.1) is 11.3 Å². The summed E-state index contributed by atoms with van der Waals surface area (Å²) in [7, 11) is 0. The summed E-state index contributed by atoms with van der Waals surface area (Å²) >= 11 is 1.38. The number of benzene rings is 1. The third-order valence-electron chi connectivity index (χ3n) is 4.42. The Bertz CT molecular complexity index is 767. The van der Waals surface area contributed by atoms with Crippen molar-refractivity contribution in [3.8, 4) is 10.6 Å². The molecule has 2 aromatic rings. The summed E-state index contributed by atoms with van der Waals surface area (Å²) in [6.45, 7) is 4.72. The van der Waals surface area contributed by atoms with Gasteiger partial charge < -0.3 is 10.0 Å². The van der Waals surface area contributed by atoms with Crippen LogP contribution in [-0.2, 0) is 11.2 Å². The first-order chi connectivity index (χ1) is 11.5. The Balaban J connectivity index is 1.81. The van der Waals surface area contributed by atoms with Gasteiger partial charge in [0.25, 0.3) is 5.91 Å². The second-order valence-electron chi connectivity index (χ2n) is 6.06. The molecular weight excluding hydrogens is 324 g/mol. The molecule has 3 rings (SSSR count). The highest BCUT2D eigenvalue weighted by Gasteiger charge is 2.32. The normalized spacial score (nSPS) is 17.2. The SMILES string of the molecule is CCc1ccc(-c2nc(C)c(C(=O)N3CC[C@@H](C(=O)O)C3)s2)cc1. The Kier molecular flexibility index (Phi) is 4.66. The predicted octanol–water partition coefficient (Wildman–Crippen LogP) is 3.23. The Morgan fingerprint density at radius 2 is 2.04 bits per heavy atom. The highest BCUT2D eigenvalue weighted by atomic mass is 32.1. The van der Waals surface area contributed by atoms with Crippen molar-refractivity contribution in [2.24, 2.45) is 5.92 Å². The van der Waals surface area contributed by atoms with Crippen LogP contribution in [0.4, 0.5) is 0 Å². The van der Waals surface area contributed by atoms with Crippen molar-refractivity contribution < 1.29 is 14.7 Å². The van der Waals surface area contributed by atoms with Crippen LogP contribution in [0.15, 0.2) is 24.3 Å². The molecule has 1 fully saturated rings. The highest BCUT2D eigenvalue weighted by molar-refractivity contribution is 7.17. The molecule has 1 aliphatic heterocycles. The van der Waals surface area contributed by atoms with E-state index in [9.17, 15) is 9.59 Å². The molecule has 1 amide bonds. The van der Waals surface area contributed by atoms with E-state index >= 15 is 0 Å². The number of rotatable bonds is 4. The summed E-state index contributed by atoms with van der Waals surface area (Å²) in [5.41, 5.74) is 2.97. The molecule has 0 aliphatic carbocycles. The van der Waals surface area contributed by atoms with E-state index in [1.165, 1.54) is 16.9 Å². The van der Waals surface area contributed by atoms with Gasteiger partial charge in [-0.2, -0.15) is 0 Å². The lowest BCUT2D eigenvalue weighted by Crippen LogP contribution is -2.29. The van der Waals surface area contributed by atoms with Gasteiger partial charge in [-0.05, 0) is 25.3 Å². The fraction of sp³-hybridized carbons (Fsp3) is 0.389. The number of aromatic nitrogens is 1. The molecular formula is C18H20N2O3S. The molecule has 24 heavy (non-hydrogen) atoms. The maximum atomic E-state index is 12.7. The lowest BCUT2D eigenvalue weighted by Gasteiger charge is -2.14. The molecule has 2 heterocycles. The van der Waals surface area contributed by atoms with Gasteiger partial charge in [0.05, 0.1) is 11.6 Å². The van der Waals surface area contributed by atoms with Gasteiger partial charge in [-0.1, -0.05) is 31.2 Å². The lowest BCUT2D eigenvalue weighted by molar-refractivity contribution is -0.141. The molecule has 126 valence electrons. The van der Waals surface area contributed by atoms with Crippen LogP contribution in [0.5, 0.6) is 0 Å². The molecule has 1 aromatic heterocycles. The third kappa shape index (κ3) is 3.19. The lowest BCUT2D eigenvalue weighted by atomic mass is 10.1. The summed E-state index contributed by atoms with van der Waals surface area (Å²) in [5, 5.41) is 9.91. The summed E-state index contributed by atoms with van der Waals surface area (Å²) < 4.78 is 0. The number of carboxylic acids is 1. The van der Waals surface area contributed by atoms with Crippen molar-refractivity contribution in [3.63, 3.8) is 0 Å². The average Bonchev–Trinajstić information content (AvgIpc) is 3.21. The quantitative estimate of drug-likeness (QED) is 0.924. The maximum Gasteiger partial charge on any atom is 0.308 e. The van der Waals surface area contributed by atoms with E-state index in [2.05, 4.69) is 24.0 Å². The van der Waals surface area contributed by atoms with Gasteiger partial charge >= 0.3 is 5.97 Å². The number of hydrogen-bond donors (Lipinski definition) is 1. The summed E-state index contributed by atoms with van der Waals surface area (Å²) in [6, 6.07) is 8.21. The summed E-state index contributed by atoms with van der Waals surface area (Å²) in [6.07, 6.45) is 1.50. The van der Waals surface area contributed by atoms with Crippen molar-refractivity contribution in [3.05, 3.63) is 40.4 Å². The Morgan fingerprint density at radius 1 is 1.33 bits per heavy atom. The Labute approximate surface area is 145 Å². The number of amides is 1. The fourth-order valence-corrected chi connectivity index (χ4v) is 3.93. The zero-order chi connectivity index (χ0) is 17.3. The molecule has 0 saturated carbocycles. The molecule has 1 N–H and O–H groups in total. The standard InChI is InChI=1S/C18H20N2O3S/c1-3-12-4-6-13(7-5-12)16-19-11(2)15(24-16)17(21)20-9-8-14(10-20)18(22)23/h4-7,14H,3,8-10H2,1-2H3,(H,22,23)/t14-/m1/s1. The van der Waals surface area contributed by atoms with Crippen molar-refractivity contribution in [2.45, 2.75) is 26.7 Å². The zero-order valence-corrected chi connectivity index (χ0v) is 14.6. The van der Waals surface area contributed by atoms with E-state index in [0.717, 1.165) is 17.0 Å². The van der Waals surface area contributed by atoms with Gasteiger partial charge in [0.2, 0.25) is 0 Å². The highest BCUT2D eigenvalue weighted by Crippen LogP contribution is 2.30. The van der Waals surface area contributed by atoms with Crippen molar-refractivity contribution in [1.82, 2.24) is 9.88 Å².